The second-order valence-electron chi connectivity index (χ2n) is 16.5. The zero-order valence-corrected chi connectivity index (χ0v) is 32.2. The van der Waals surface area contributed by atoms with Crippen molar-refractivity contribution in [1.82, 2.24) is 0 Å². The van der Waals surface area contributed by atoms with Gasteiger partial charge in [0.05, 0.1) is 10.7 Å². The van der Waals surface area contributed by atoms with Crippen LogP contribution >= 0.6 is 23.5 Å². The Morgan fingerprint density at radius 3 is 1.54 bits per heavy atom. The minimum atomic E-state index is -0.322. The van der Waals surface area contributed by atoms with E-state index in [2.05, 4.69) is 114 Å². The molecule has 46 heavy (non-hydrogen) atoms. The maximum Gasteiger partial charge on any atom is 0.189 e. The first-order chi connectivity index (χ1) is 21.0. The van der Waals surface area contributed by atoms with Crippen LogP contribution in [0.4, 0.5) is 0 Å². The Bertz CT molecular complexity index is 1420. The van der Waals surface area contributed by atoms with E-state index in [1.54, 1.807) is 0 Å². The van der Waals surface area contributed by atoms with Crippen LogP contribution in [0.2, 0.25) is 0 Å². The van der Waals surface area contributed by atoms with Gasteiger partial charge in [0.2, 0.25) is 0 Å². The first kappa shape index (κ1) is 38.3. The van der Waals surface area contributed by atoms with Crippen molar-refractivity contribution in [1.29, 1.82) is 0 Å². The lowest BCUT2D eigenvalue weighted by Gasteiger charge is -2.33. The highest BCUT2D eigenvalue weighted by Crippen LogP contribution is 2.51. The molecule has 0 amide bonds. The van der Waals surface area contributed by atoms with Crippen LogP contribution < -0.4 is 4.74 Å². The summed E-state index contributed by atoms with van der Waals surface area (Å²) in [5.41, 5.74) is 4.37. The number of phenolic OH excluding ortho intramolecular Hbond substituents is 1. The third kappa shape index (κ3) is 10.2. The van der Waals surface area contributed by atoms with Crippen LogP contribution in [0.3, 0.4) is 0 Å². The van der Waals surface area contributed by atoms with Gasteiger partial charge >= 0.3 is 0 Å². The topological polar surface area (TPSA) is 58.9 Å². The van der Waals surface area contributed by atoms with Crippen LogP contribution in [0.5, 0.6) is 11.5 Å². The lowest BCUT2D eigenvalue weighted by Crippen LogP contribution is -2.24. The standard InChI is InChI=1S/C40H58O4S2/c1-36(2,3)30-21-28(22-31(34(30)42)37(4,5)6)45-40(12,13)46-29-23-32(38(7,8)9)35(33(24-29)39(10,11)19-20-41)44-26-43-25-27-17-15-14-16-18-27/h14-18,21-24,41-42H,19-20,25-26H2,1-13H3. The number of thioether (sulfide) groups is 2. The van der Waals surface area contributed by atoms with Gasteiger partial charge in [0.25, 0.3) is 0 Å². The van der Waals surface area contributed by atoms with Crippen molar-refractivity contribution >= 4 is 23.5 Å². The predicted octanol–water partition coefficient (Wildman–Crippen LogP) is 11.1. The quantitative estimate of drug-likeness (QED) is 0.114. The zero-order valence-electron chi connectivity index (χ0n) is 30.6. The molecule has 0 fully saturated rings. The molecule has 0 bridgehead atoms. The number of ether oxygens (including phenoxy) is 2. The van der Waals surface area contributed by atoms with E-state index >= 15 is 0 Å². The molecule has 6 heteroatoms. The summed E-state index contributed by atoms with van der Waals surface area (Å²) in [4.78, 5) is 2.31. The summed E-state index contributed by atoms with van der Waals surface area (Å²) in [6.45, 7) is 29.2. The summed E-state index contributed by atoms with van der Waals surface area (Å²) < 4.78 is 12.2. The number of aliphatic hydroxyl groups is 1. The molecule has 0 heterocycles. The minimum Gasteiger partial charge on any atom is -0.507 e. The summed E-state index contributed by atoms with van der Waals surface area (Å²) in [5, 5.41) is 21.3. The van der Waals surface area contributed by atoms with Gasteiger partial charge < -0.3 is 19.7 Å². The molecule has 4 nitrogen and oxygen atoms in total. The van der Waals surface area contributed by atoms with Crippen molar-refractivity contribution in [2.45, 2.75) is 139 Å². The normalized spacial score (nSPS) is 13.3. The molecule has 3 rings (SSSR count). The largest absolute Gasteiger partial charge is 0.507 e. The van der Waals surface area contributed by atoms with Crippen molar-refractivity contribution in [3.63, 3.8) is 0 Å². The van der Waals surface area contributed by atoms with Gasteiger partial charge in [-0.3, -0.25) is 0 Å². The van der Waals surface area contributed by atoms with Crippen LogP contribution in [-0.4, -0.2) is 27.7 Å². The Morgan fingerprint density at radius 2 is 1.09 bits per heavy atom. The average Bonchev–Trinajstić information content (AvgIpc) is 2.90. The number of rotatable bonds is 12. The van der Waals surface area contributed by atoms with E-state index < -0.39 is 0 Å². The smallest absolute Gasteiger partial charge is 0.189 e. The Labute approximate surface area is 288 Å². The van der Waals surface area contributed by atoms with E-state index in [1.165, 1.54) is 0 Å². The molecule has 0 saturated carbocycles. The molecular formula is C40H58O4S2. The van der Waals surface area contributed by atoms with Crippen molar-refractivity contribution in [2.75, 3.05) is 13.4 Å². The molecule has 0 saturated heterocycles. The Balaban J connectivity index is 2.03. The van der Waals surface area contributed by atoms with Crippen LogP contribution in [-0.2, 0) is 33.0 Å². The highest BCUT2D eigenvalue weighted by molar-refractivity contribution is 8.18. The van der Waals surface area contributed by atoms with Crippen LogP contribution in [0, 0.1) is 0 Å². The number of phenols is 1. The molecule has 3 aromatic carbocycles. The molecular weight excluding hydrogens is 609 g/mol. The number of hydrogen-bond donors (Lipinski definition) is 2. The summed E-state index contributed by atoms with van der Waals surface area (Å²) in [5.74, 6) is 1.25. The summed E-state index contributed by atoms with van der Waals surface area (Å²) in [7, 11) is 0. The van der Waals surface area contributed by atoms with E-state index in [4.69, 9.17) is 9.47 Å². The van der Waals surface area contributed by atoms with E-state index in [1.807, 2.05) is 53.9 Å². The van der Waals surface area contributed by atoms with Crippen LogP contribution in [0.25, 0.3) is 0 Å². The summed E-state index contributed by atoms with van der Waals surface area (Å²) in [6.07, 6.45) is 0.614. The fourth-order valence-corrected chi connectivity index (χ4v) is 8.11. The Morgan fingerprint density at radius 1 is 0.630 bits per heavy atom. The molecule has 0 aliphatic heterocycles. The van der Waals surface area contributed by atoms with Crippen molar-refractivity contribution in [3.05, 3.63) is 82.4 Å². The molecule has 2 N–H and O–H groups in total. The van der Waals surface area contributed by atoms with Gasteiger partial charge in [-0.2, -0.15) is 0 Å². The molecule has 0 aromatic heterocycles. The van der Waals surface area contributed by atoms with Crippen molar-refractivity contribution in [3.8, 4) is 11.5 Å². The number of aromatic hydroxyl groups is 1. The van der Waals surface area contributed by atoms with Gasteiger partial charge in [-0.25, -0.2) is 0 Å². The molecule has 0 unspecified atom stereocenters. The lowest BCUT2D eigenvalue weighted by molar-refractivity contribution is 0.00296. The second kappa shape index (κ2) is 14.6. The zero-order chi connectivity index (χ0) is 34.7. The molecule has 0 spiro atoms. The first-order valence-electron chi connectivity index (χ1n) is 16.4. The summed E-state index contributed by atoms with van der Waals surface area (Å²) >= 11 is 3.66. The van der Waals surface area contributed by atoms with E-state index in [9.17, 15) is 10.2 Å². The monoisotopic (exact) mass is 666 g/mol. The number of hydrogen-bond acceptors (Lipinski definition) is 6. The maximum absolute atomic E-state index is 11.3. The van der Waals surface area contributed by atoms with Crippen LogP contribution in [0.1, 0.15) is 124 Å². The predicted molar refractivity (Wildman–Crippen MR) is 198 cm³/mol. The SMILES string of the molecule is CC(C)(Sc1cc(C(C)(C)C)c(O)c(C(C)(C)C)c1)Sc1cc(C(C)(C)C)c(OCOCc2ccccc2)c(C(C)(C)CCO)c1. The second-order valence-corrected chi connectivity index (χ2v) is 20.2. The maximum atomic E-state index is 11.3. The molecule has 3 aromatic rings. The highest BCUT2D eigenvalue weighted by Gasteiger charge is 2.33. The number of benzene rings is 3. The molecule has 0 radical (unpaired) electrons. The van der Waals surface area contributed by atoms with Crippen molar-refractivity contribution in [2.24, 2.45) is 0 Å². The van der Waals surface area contributed by atoms with Gasteiger partial charge in [-0.15, -0.1) is 23.5 Å². The molecule has 254 valence electrons. The molecule has 0 aliphatic rings. The molecule has 0 atom stereocenters. The van der Waals surface area contributed by atoms with Gasteiger partial charge in [0, 0.05) is 38.7 Å². The third-order valence-corrected chi connectivity index (χ3v) is 10.6. The minimum absolute atomic E-state index is 0.0909. The van der Waals surface area contributed by atoms with E-state index in [-0.39, 0.29) is 39.1 Å². The van der Waals surface area contributed by atoms with Gasteiger partial charge in [-0.05, 0) is 71.8 Å². The van der Waals surface area contributed by atoms with Crippen LogP contribution in [0.15, 0.2) is 64.4 Å². The fourth-order valence-electron chi connectivity index (χ4n) is 5.52. The highest BCUT2D eigenvalue weighted by atomic mass is 32.2. The van der Waals surface area contributed by atoms with Gasteiger partial charge in [0.15, 0.2) is 6.79 Å². The first-order valence-corrected chi connectivity index (χ1v) is 18.0. The van der Waals surface area contributed by atoms with Gasteiger partial charge in [-0.1, -0.05) is 106 Å². The number of aliphatic hydroxyl groups excluding tert-OH is 1. The summed E-state index contributed by atoms with van der Waals surface area (Å²) in [6, 6.07) is 19.0. The fraction of sp³-hybridized carbons (Fsp3) is 0.550. The van der Waals surface area contributed by atoms with E-state index in [0.29, 0.717) is 18.8 Å². The lowest BCUT2D eigenvalue weighted by atomic mass is 9.77. The van der Waals surface area contributed by atoms with E-state index in [0.717, 1.165) is 43.4 Å². The third-order valence-electron chi connectivity index (χ3n) is 8.16. The van der Waals surface area contributed by atoms with Gasteiger partial charge in [0.1, 0.15) is 11.5 Å². The van der Waals surface area contributed by atoms with Crippen molar-refractivity contribution < 1.29 is 19.7 Å². The molecule has 0 aliphatic carbocycles. The average molecular weight is 667 g/mol. The Hall–Kier alpha value is -2.12. The Kier molecular flexibility index (Phi) is 12.1.